The first kappa shape index (κ1) is 12.0. The number of benzene rings is 1. The maximum absolute atomic E-state index is 13.0. The molecule has 2 atom stereocenters. The number of rotatable bonds is 5. The molecule has 2 N–H and O–H groups in total. The molecule has 0 radical (unpaired) electrons. The average Bonchev–Trinajstić information content (AvgIpc) is 3.03. The summed E-state index contributed by atoms with van der Waals surface area (Å²) in [4.78, 5) is 10.6. The molecule has 0 aromatic heterocycles. The van der Waals surface area contributed by atoms with Crippen LogP contribution in [0.2, 0.25) is 0 Å². The van der Waals surface area contributed by atoms with Gasteiger partial charge in [-0.05, 0) is 43.0 Å². The van der Waals surface area contributed by atoms with Gasteiger partial charge in [-0.3, -0.25) is 4.79 Å². The second-order valence-electron chi connectivity index (χ2n) is 4.65. The van der Waals surface area contributed by atoms with E-state index < -0.39 is 5.97 Å². The molecule has 0 saturated heterocycles. The molecule has 1 aromatic carbocycles. The van der Waals surface area contributed by atoms with Gasteiger partial charge in [-0.2, -0.15) is 0 Å². The van der Waals surface area contributed by atoms with Gasteiger partial charge in [0.25, 0.3) is 0 Å². The third-order valence-corrected chi connectivity index (χ3v) is 3.20. The number of aryl methyl sites for hydroxylation is 1. The average molecular weight is 237 g/mol. The minimum atomic E-state index is -0.700. The Morgan fingerprint density at radius 1 is 1.59 bits per heavy atom. The molecule has 2 rings (SSSR count). The van der Waals surface area contributed by atoms with E-state index in [9.17, 15) is 9.18 Å². The first-order chi connectivity index (χ1) is 8.08. The van der Waals surface area contributed by atoms with Gasteiger partial charge in [0.1, 0.15) is 5.82 Å². The molecule has 3 nitrogen and oxygen atoms in total. The second kappa shape index (κ2) is 4.84. The quantitative estimate of drug-likeness (QED) is 0.822. The van der Waals surface area contributed by atoms with E-state index in [1.165, 1.54) is 6.07 Å². The van der Waals surface area contributed by atoms with E-state index in [1.54, 1.807) is 13.0 Å². The predicted molar refractivity (Wildman–Crippen MR) is 62.1 cm³/mol. The molecule has 0 spiro atoms. The molecule has 0 heterocycles. The molecule has 0 bridgehead atoms. The summed E-state index contributed by atoms with van der Waals surface area (Å²) in [5.74, 6) is -0.803. The van der Waals surface area contributed by atoms with Gasteiger partial charge < -0.3 is 10.4 Å². The van der Waals surface area contributed by atoms with Crippen LogP contribution in [0.25, 0.3) is 0 Å². The van der Waals surface area contributed by atoms with Crippen LogP contribution >= 0.6 is 0 Å². The van der Waals surface area contributed by atoms with Crippen LogP contribution in [0.1, 0.15) is 17.5 Å². The molecule has 0 aliphatic heterocycles. The first-order valence-corrected chi connectivity index (χ1v) is 5.76. The fourth-order valence-electron chi connectivity index (χ4n) is 1.99. The zero-order chi connectivity index (χ0) is 12.4. The van der Waals surface area contributed by atoms with Crippen LogP contribution in [0.5, 0.6) is 0 Å². The van der Waals surface area contributed by atoms with Crippen molar-refractivity contribution in [1.29, 1.82) is 0 Å². The maximum Gasteiger partial charge on any atom is 0.306 e. The van der Waals surface area contributed by atoms with Crippen molar-refractivity contribution in [3.05, 3.63) is 35.1 Å². The number of hydrogen-bond acceptors (Lipinski definition) is 2. The predicted octanol–water partition coefficient (Wildman–Crippen LogP) is 1.94. The Kier molecular flexibility index (Phi) is 3.43. The Balaban J connectivity index is 1.75. The number of carboxylic acids is 1. The van der Waals surface area contributed by atoms with Gasteiger partial charge in [0, 0.05) is 6.54 Å². The molecular weight excluding hydrogens is 221 g/mol. The lowest BCUT2D eigenvalue weighted by molar-refractivity contribution is -0.138. The van der Waals surface area contributed by atoms with E-state index in [0.717, 1.165) is 12.0 Å². The van der Waals surface area contributed by atoms with Crippen molar-refractivity contribution in [2.45, 2.75) is 19.9 Å². The number of halogens is 1. The Hall–Kier alpha value is -1.42. The summed E-state index contributed by atoms with van der Waals surface area (Å²) in [6, 6.07) is 5.02. The van der Waals surface area contributed by atoms with E-state index in [1.807, 2.05) is 6.07 Å². The fraction of sp³-hybridized carbons (Fsp3) is 0.462. The number of hydrogen-bond donors (Lipinski definition) is 2. The van der Waals surface area contributed by atoms with Crippen molar-refractivity contribution >= 4 is 5.97 Å². The van der Waals surface area contributed by atoms with Crippen molar-refractivity contribution in [2.75, 3.05) is 6.54 Å². The van der Waals surface area contributed by atoms with Gasteiger partial charge in [0.05, 0.1) is 5.92 Å². The molecule has 0 amide bonds. The van der Waals surface area contributed by atoms with Gasteiger partial charge in [0.2, 0.25) is 0 Å². The van der Waals surface area contributed by atoms with Crippen molar-refractivity contribution in [3.8, 4) is 0 Å². The number of nitrogens with one attached hydrogen (secondary N) is 1. The SMILES string of the molecule is Cc1cc(CNCC2CC2C(=O)O)ccc1F. The van der Waals surface area contributed by atoms with Crippen LogP contribution in [0.15, 0.2) is 18.2 Å². The summed E-state index contributed by atoms with van der Waals surface area (Å²) >= 11 is 0. The number of carbonyl (C=O) groups is 1. The highest BCUT2D eigenvalue weighted by molar-refractivity contribution is 5.73. The largest absolute Gasteiger partial charge is 0.481 e. The number of aliphatic carboxylic acids is 1. The van der Waals surface area contributed by atoms with Crippen molar-refractivity contribution in [2.24, 2.45) is 11.8 Å². The van der Waals surface area contributed by atoms with E-state index >= 15 is 0 Å². The van der Waals surface area contributed by atoms with Crippen LogP contribution in [-0.2, 0) is 11.3 Å². The van der Waals surface area contributed by atoms with E-state index in [4.69, 9.17) is 5.11 Å². The molecule has 1 aromatic rings. The maximum atomic E-state index is 13.0. The summed E-state index contributed by atoms with van der Waals surface area (Å²) in [6.07, 6.45) is 0.769. The van der Waals surface area contributed by atoms with Gasteiger partial charge >= 0.3 is 5.97 Å². The molecule has 92 valence electrons. The zero-order valence-electron chi connectivity index (χ0n) is 9.74. The highest BCUT2D eigenvalue weighted by atomic mass is 19.1. The molecular formula is C13H16FNO2. The van der Waals surface area contributed by atoms with Crippen LogP contribution in [0.4, 0.5) is 4.39 Å². The van der Waals surface area contributed by atoms with Crippen molar-refractivity contribution in [1.82, 2.24) is 5.32 Å². The van der Waals surface area contributed by atoms with E-state index in [2.05, 4.69) is 5.32 Å². The lowest BCUT2D eigenvalue weighted by Crippen LogP contribution is -2.18. The monoisotopic (exact) mass is 237 g/mol. The minimum Gasteiger partial charge on any atom is -0.481 e. The summed E-state index contributed by atoms with van der Waals surface area (Å²) < 4.78 is 13.0. The van der Waals surface area contributed by atoms with Crippen molar-refractivity contribution < 1.29 is 14.3 Å². The van der Waals surface area contributed by atoms with Gasteiger partial charge in [-0.1, -0.05) is 12.1 Å². The van der Waals surface area contributed by atoms with Crippen LogP contribution < -0.4 is 5.32 Å². The zero-order valence-corrected chi connectivity index (χ0v) is 9.74. The lowest BCUT2D eigenvalue weighted by atomic mass is 10.1. The summed E-state index contributed by atoms with van der Waals surface area (Å²) in [6.45, 7) is 3.11. The molecule has 1 fully saturated rings. The minimum absolute atomic E-state index is 0.169. The van der Waals surface area contributed by atoms with Gasteiger partial charge in [0.15, 0.2) is 0 Å². The number of carboxylic acid groups (broad SMARTS) is 1. The van der Waals surface area contributed by atoms with Crippen LogP contribution in [0.3, 0.4) is 0 Å². The normalized spacial score (nSPS) is 22.5. The Labute approximate surface area is 99.7 Å². The Morgan fingerprint density at radius 3 is 2.94 bits per heavy atom. The van der Waals surface area contributed by atoms with Crippen LogP contribution in [0, 0.1) is 24.6 Å². The standard InChI is InChI=1S/C13H16FNO2/c1-8-4-9(2-3-12(8)14)6-15-7-10-5-11(10)13(16)17/h2-4,10-11,15H,5-7H2,1H3,(H,16,17). The first-order valence-electron chi connectivity index (χ1n) is 5.76. The van der Waals surface area contributed by atoms with Crippen molar-refractivity contribution in [3.63, 3.8) is 0 Å². The fourth-order valence-corrected chi connectivity index (χ4v) is 1.99. The highest BCUT2D eigenvalue weighted by Gasteiger charge is 2.42. The third kappa shape index (κ3) is 3.03. The molecule has 2 unspecified atom stereocenters. The van der Waals surface area contributed by atoms with Gasteiger partial charge in [-0.25, -0.2) is 4.39 Å². The Bertz CT molecular complexity index is 433. The van der Waals surface area contributed by atoms with E-state index in [0.29, 0.717) is 18.7 Å². The Morgan fingerprint density at radius 2 is 2.35 bits per heavy atom. The molecule has 1 aliphatic rings. The molecule has 17 heavy (non-hydrogen) atoms. The third-order valence-electron chi connectivity index (χ3n) is 3.20. The second-order valence-corrected chi connectivity index (χ2v) is 4.65. The summed E-state index contributed by atoms with van der Waals surface area (Å²) in [7, 11) is 0. The summed E-state index contributed by atoms with van der Waals surface area (Å²) in [5, 5.41) is 11.9. The molecule has 1 aliphatic carbocycles. The van der Waals surface area contributed by atoms with Crippen LogP contribution in [-0.4, -0.2) is 17.6 Å². The molecule has 4 heteroatoms. The molecule has 1 saturated carbocycles. The van der Waals surface area contributed by atoms with Gasteiger partial charge in [-0.15, -0.1) is 0 Å². The highest BCUT2D eigenvalue weighted by Crippen LogP contribution is 2.37. The summed E-state index contributed by atoms with van der Waals surface area (Å²) in [5.41, 5.74) is 1.66. The van der Waals surface area contributed by atoms with E-state index in [-0.39, 0.29) is 17.7 Å². The lowest BCUT2D eigenvalue weighted by Gasteiger charge is -2.05. The smallest absolute Gasteiger partial charge is 0.306 e. The topological polar surface area (TPSA) is 49.3 Å².